The molecule has 0 spiro atoms. The zero-order valence-electron chi connectivity index (χ0n) is 7.75. The quantitative estimate of drug-likeness (QED) is 0.505. The van der Waals surface area contributed by atoms with Crippen LogP contribution in [0, 0.1) is 0 Å². The van der Waals surface area contributed by atoms with Gasteiger partial charge in [-0.05, 0) is 18.1 Å². The molecule has 1 aliphatic rings. The van der Waals surface area contributed by atoms with Gasteiger partial charge >= 0.3 is 0 Å². The molecule has 1 heterocycles. The molecule has 68 valence electrons. The van der Waals surface area contributed by atoms with Crippen LogP contribution in [0.15, 0.2) is 46.2 Å². The van der Waals surface area contributed by atoms with Crippen molar-refractivity contribution in [2.75, 3.05) is 0 Å². The number of aliphatic imine (C=N–C) groups is 2. The summed E-state index contributed by atoms with van der Waals surface area (Å²) in [7, 11) is 0. The SMILES string of the molecule is C=CN=C(N)C1=C(C)C(=C)CC=N1. The average Bonchev–Trinajstić information content (AvgIpc) is 2.10. The van der Waals surface area contributed by atoms with Crippen LogP contribution in [0.2, 0.25) is 0 Å². The Morgan fingerprint density at radius 3 is 3.08 bits per heavy atom. The van der Waals surface area contributed by atoms with Gasteiger partial charge in [0.05, 0.1) is 0 Å². The first-order valence-corrected chi connectivity index (χ1v) is 4.03. The van der Waals surface area contributed by atoms with E-state index in [2.05, 4.69) is 23.1 Å². The van der Waals surface area contributed by atoms with Crippen molar-refractivity contribution in [2.24, 2.45) is 15.7 Å². The van der Waals surface area contributed by atoms with E-state index in [9.17, 15) is 0 Å². The Labute approximate surface area is 78.1 Å². The van der Waals surface area contributed by atoms with E-state index in [0.717, 1.165) is 17.6 Å². The highest BCUT2D eigenvalue weighted by molar-refractivity contribution is 6.00. The first-order valence-electron chi connectivity index (χ1n) is 4.03. The summed E-state index contributed by atoms with van der Waals surface area (Å²) in [4.78, 5) is 8.05. The Kier molecular flexibility index (Phi) is 2.80. The molecule has 0 aromatic rings. The predicted octanol–water partition coefficient (Wildman–Crippen LogP) is 1.79. The van der Waals surface area contributed by atoms with Crippen molar-refractivity contribution < 1.29 is 0 Å². The third kappa shape index (κ3) is 1.93. The number of rotatable bonds is 2. The van der Waals surface area contributed by atoms with E-state index >= 15 is 0 Å². The number of amidine groups is 1. The molecule has 1 aliphatic heterocycles. The number of nitrogens with two attached hydrogens (primary N) is 1. The fourth-order valence-corrected chi connectivity index (χ4v) is 1.08. The minimum atomic E-state index is 0.393. The molecule has 0 aliphatic carbocycles. The van der Waals surface area contributed by atoms with Gasteiger partial charge in [0.25, 0.3) is 0 Å². The van der Waals surface area contributed by atoms with E-state index in [1.165, 1.54) is 6.20 Å². The van der Waals surface area contributed by atoms with Gasteiger partial charge in [0.2, 0.25) is 0 Å². The van der Waals surface area contributed by atoms with E-state index in [0.29, 0.717) is 11.5 Å². The topological polar surface area (TPSA) is 50.7 Å². The van der Waals surface area contributed by atoms with E-state index in [1.54, 1.807) is 6.21 Å². The number of hydrogen-bond acceptors (Lipinski definition) is 2. The maximum Gasteiger partial charge on any atom is 0.149 e. The van der Waals surface area contributed by atoms with Crippen molar-refractivity contribution in [3.63, 3.8) is 0 Å². The Morgan fingerprint density at radius 2 is 2.46 bits per heavy atom. The van der Waals surface area contributed by atoms with Gasteiger partial charge in [0.1, 0.15) is 11.5 Å². The summed E-state index contributed by atoms with van der Waals surface area (Å²) in [5, 5.41) is 0. The first-order chi connectivity index (χ1) is 6.16. The summed E-state index contributed by atoms with van der Waals surface area (Å²) in [6, 6.07) is 0. The highest BCUT2D eigenvalue weighted by Crippen LogP contribution is 2.20. The molecular formula is C10H13N3. The Balaban J connectivity index is 3.09. The average molecular weight is 175 g/mol. The number of nitrogens with zero attached hydrogens (tertiary/aromatic N) is 2. The van der Waals surface area contributed by atoms with Gasteiger partial charge in [-0.25, -0.2) is 4.99 Å². The zero-order valence-corrected chi connectivity index (χ0v) is 7.75. The van der Waals surface area contributed by atoms with Crippen LogP contribution in [0.1, 0.15) is 13.3 Å². The van der Waals surface area contributed by atoms with E-state index < -0.39 is 0 Å². The van der Waals surface area contributed by atoms with Crippen LogP contribution in [0.25, 0.3) is 0 Å². The molecule has 3 nitrogen and oxygen atoms in total. The van der Waals surface area contributed by atoms with Gasteiger partial charge in [0, 0.05) is 18.8 Å². The van der Waals surface area contributed by atoms with E-state index in [-0.39, 0.29) is 0 Å². The van der Waals surface area contributed by atoms with Crippen LogP contribution in [-0.4, -0.2) is 12.1 Å². The lowest BCUT2D eigenvalue weighted by atomic mass is 10.0. The monoisotopic (exact) mass is 175 g/mol. The summed E-state index contributed by atoms with van der Waals surface area (Å²) >= 11 is 0. The maximum atomic E-state index is 5.68. The maximum absolute atomic E-state index is 5.68. The van der Waals surface area contributed by atoms with E-state index in [4.69, 9.17) is 5.73 Å². The van der Waals surface area contributed by atoms with Crippen molar-refractivity contribution in [3.05, 3.63) is 36.2 Å². The smallest absolute Gasteiger partial charge is 0.149 e. The fourth-order valence-electron chi connectivity index (χ4n) is 1.08. The van der Waals surface area contributed by atoms with Crippen molar-refractivity contribution in [2.45, 2.75) is 13.3 Å². The molecule has 3 heteroatoms. The van der Waals surface area contributed by atoms with Crippen LogP contribution in [0.4, 0.5) is 0 Å². The minimum absolute atomic E-state index is 0.393. The summed E-state index contributed by atoms with van der Waals surface area (Å²) in [5.74, 6) is 0.393. The largest absolute Gasteiger partial charge is 0.382 e. The highest BCUT2D eigenvalue weighted by Gasteiger charge is 2.11. The van der Waals surface area contributed by atoms with Crippen LogP contribution in [-0.2, 0) is 0 Å². The Bertz CT molecular complexity index is 332. The number of allylic oxidation sites excluding steroid dienone is 2. The molecule has 0 fully saturated rings. The van der Waals surface area contributed by atoms with Gasteiger partial charge in [-0.3, -0.25) is 4.99 Å². The van der Waals surface area contributed by atoms with Gasteiger partial charge in [0.15, 0.2) is 0 Å². The van der Waals surface area contributed by atoms with Crippen LogP contribution >= 0.6 is 0 Å². The molecule has 0 radical (unpaired) electrons. The Hall–Kier alpha value is -1.64. The molecule has 0 unspecified atom stereocenters. The molecule has 1 rings (SSSR count). The Morgan fingerprint density at radius 1 is 1.77 bits per heavy atom. The van der Waals surface area contributed by atoms with Crippen molar-refractivity contribution in [1.82, 2.24) is 0 Å². The standard InChI is InChI=1S/C10H13N3/c1-4-12-10(11)9-8(3)7(2)5-6-13-9/h4,6H,1-2,5H2,3H3,(H2,11,12). The van der Waals surface area contributed by atoms with Crippen molar-refractivity contribution >= 4 is 12.1 Å². The lowest BCUT2D eigenvalue weighted by Gasteiger charge is -2.12. The highest BCUT2D eigenvalue weighted by atomic mass is 14.9. The molecular weight excluding hydrogens is 162 g/mol. The van der Waals surface area contributed by atoms with Crippen LogP contribution < -0.4 is 5.73 Å². The predicted molar refractivity (Wildman–Crippen MR) is 56.8 cm³/mol. The molecule has 0 aromatic carbocycles. The second-order valence-corrected chi connectivity index (χ2v) is 2.79. The molecule has 2 N–H and O–H groups in total. The van der Waals surface area contributed by atoms with Gasteiger partial charge in [-0.2, -0.15) is 0 Å². The summed E-state index contributed by atoms with van der Waals surface area (Å²) < 4.78 is 0. The molecule has 0 bridgehead atoms. The lowest BCUT2D eigenvalue weighted by molar-refractivity contribution is 1.17. The molecule has 0 amide bonds. The normalized spacial score (nSPS) is 17.9. The molecule has 0 saturated heterocycles. The molecule has 13 heavy (non-hydrogen) atoms. The van der Waals surface area contributed by atoms with Gasteiger partial charge in [-0.15, -0.1) is 0 Å². The fraction of sp³-hybridized carbons (Fsp3) is 0.200. The molecule has 0 aromatic heterocycles. The third-order valence-electron chi connectivity index (χ3n) is 1.92. The van der Waals surface area contributed by atoms with Crippen molar-refractivity contribution in [1.29, 1.82) is 0 Å². The number of hydrogen-bond donors (Lipinski definition) is 1. The van der Waals surface area contributed by atoms with E-state index in [1.807, 2.05) is 6.92 Å². The second kappa shape index (κ2) is 3.85. The zero-order chi connectivity index (χ0) is 9.84. The summed E-state index contributed by atoms with van der Waals surface area (Å²) in [6.07, 6.45) is 3.98. The van der Waals surface area contributed by atoms with Crippen LogP contribution in [0.5, 0.6) is 0 Å². The second-order valence-electron chi connectivity index (χ2n) is 2.79. The van der Waals surface area contributed by atoms with Gasteiger partial charge in [-0.1, -0.05) is 13.2 Å². The minimum Gasteiger partial charge on any atom is -0.382 e. The first kappa shape index (κ1) is 9.45. The molecule has 0 saturated carbocycles. The third-order valence-corrected chi connectivity index (χ3v) is 1.92. The molecule has 0 atom stereocenters. The lowest BCUT2D eigenvalue weighted by Crippen LogP contribution is -2.17. The van der Waals surface area contributed by atoms with Crippen molar-refractivity contribution in [3.8, 4) is 0 Å². The van der Waals surface area contributed by atoms with Crippen LogP contribution in [0.3, 0.4) is 0 Å². The summed E-state index contributed by atoms with van der Waals surface area (Å²) in [5.41, 5.74) is 8.42. The van der Waals surface area contributed by atoms with Gasteiger partial charge < -0.3 is 5.73 Å². The summed E-state index contributed by atoms with van der Waals surface area (Å²) in [6.45, 7) is 9.32.